The molecule has 1 aliphatic carbocycles. The van der Waals surface area contributed by atoms with Crippen LogP contribution in [0.25, 0.3) is 0 Å². The maximum atomic E-state index is 6.02. The Morgan fingerprint density at radius 2 is 1.60 bits per heavy atom. The molecule has 0 aromatic rings. The van der Waals surface area contributed by atoms with Crippen LogP contribution in [-0.4, -0.2) is 29.0 Å². The van der Waals surface area contributed by atoms with E-state index in [4.69, 9.17) is 14.6 Å². The summed E-state index contributed by atoms with van der Waals surface area (Å²) in [6.07, 6.45) is 5.98. The molecule has 1 unspecified atom stereocenters. The molecule has 1 heterocycles. The Balaban J connectivity index is 2.17. The first-order valence-corrected chi connectivity index (χ1v) is 7.89. The van der Waals surface area contributed by atoms with Crippen molar-refractivity contribution >= 4 is 6.02 Å². The van der Waals surface area contributed by atoms with Gasteiger partial charge in [-0.15, -0.1) is 0 Å². The van der Waals surface area contributed by atoms with E-state index in [1.807, 2.05) is 5.06 Å². The van der Waals surface area contributed by atoms with Gasteiger partial charge in [0.25, 0.3) is 0 Å². The first kappa shape index (κ1) is 15.6. The molecule has 20 heavy (non-hydrogen) atoms. The van der Waals surface area contributed by atoms with E-state index in [-0.39, 0.29) is 17.2 Å². The third-order valence-electron chi connectivity index (χ3n) is 3.77. The summed E-state index contributed by atoms with van der Waals surface area (Å²) in [6, 6.07) is 1.07. The Kier molecular flexibility index (Phi) is 4.33. The van der Waals surface area contributed by atoms with Gasteiger partial charge in [-0.1, -0.05) is 40.0 Å². The number of amidine groups is 1. The first-order chi connectivity index (χ1) is 9.18. The molecule has 0 radical (unpaired) electrons. The van der Waals surface area contributed by atoms with Crippen molar-refractivity contribution in [2.45, 2.75) is 91.5 Å². The van der Waals surface area contributed by atoms with Gasteiger partial charge in [-0.25, -0.2) is 9.83 Å². The second kappa shape index (κ2) is 5.55. The largest absolute Gasteiger partial charge is 0.431 e. The summed E-state index contributed by atoms with van der Waals surface area (Å²) in [4.78, 5) is 10.9. The van der Waals surface area contributed by atoms with Gasteiger partial charge in [0.2, 0.25) is 6.29 Å². The molecule has 1 atom stereocenters. The van der Waals surface area contributed by atoms with Crippen LogP contribution in [0.3, 0.4) is 0 Å². The minimum absolute atomic E-state index is 0.0622. The lowest BCUT2D eigenvalue weighted by molar-refractivity contribution is -0.224. The smallest absolute Gasteiger partial charge is 0.315 e. The van der Waals surface area contributed by atoms with E-state index < -0.39 is 0 Å². The highest BCUT2D eigenvalue weighted by Crippen LogP contribution is 2.34. The van der Waals surface area contributed by atoms with Crippen molar-refractivity contribution in [3.8, 4) is 0 Å². The van der Waals surface area contributed by atoms with E-state index in [1.165, 1.54) is 32.1 Å². The molecule has 0 spiro atoms. The summed E-state index contributed by atoms with van der Waals surface area (Å²) >= 11 is 0. The topological polar surface area (TPSA) is 34.1 Å². The zero-order valence-electron chi connectivity index (χ0n) is 13.9. The molecule has 2 fully saturated rings. The SMILES string of the molecule is CC(C)(C)C1OC(=NC2CCCCC2)N(C(C)(C)C)O1. The van der Waals surface area contributed by atoms with Gasteiger partial charge < -0.3 is 4.74 Å². The lowest BCUT2D eigenvalue weighted by Crippen LogP contribution is -2.42. The van der Waals surface area contributed by atoms with Crippen molar-refractivity contribution < 1.29 is 9.57 Å². The quantitative estimate of drug-likeness (QED) is 0.726. The average molecular weight is 282 g/mol. The van der Waals surface area contributed by atoms with Gasteiger partial charge in [0.1, 0.15) is 0 Å². The van der Waals surface area contributed by atoms with Crippen LogP contribution in [0.5, 0.6) is 0 Å². The van der Waals surface area contributed by atoms with Crippen LogP contribution in [0, 0.1) is 5.41 Å². The van der Waals surface area contributed by atoms with Crippen LogP contribution in [0.15, 0.2) is 4.99 Å². The minimum atomic E-state index is -0.260. The molecule has 1 aliphatic heterocycles. The van der Waals surface area contributed by atoms with Gasteiger partial charge in [0, 0.05) is 5.41 Å². The van der Waals surface area contributed by atoms with E-state index in [9.17, 15) is 0 Å². The molecular weight excluding hydrogens is 252 g/mol. The van der Waals surface area contributed by atoms with Gasteiger partial charge in [0.15, 0.2) is 0 Å². The predicted octanol–water partition coefficient (Wildman–Crippen LogP) is 4.11. The molecule has 0 N–H and O–H groups in total. The lowest BCUT2D eigenvalue weighted by Gasteiger charge is -2.30. The molecule has 0 bridgehead atoms. The fourth-order valence-electron chi connectivity index (χ4n) is 2.54. The molecule has 1 saturated heterocycles. The number of hydrogen-bond donors (Lipinski definition) is 0. The van der Waals surface area contributed by atoms with E-state index in [0.29, 0.717) is 12.1 Å². The summed E-state index contributed by atoms with van der Waals surface area (Å²) in [5.41, 5.74) is -0.208. The third kappa shape index (κ3) is 3.66. The second-order valence-corrected chi connectivity index (χ2v) is 8.09. The second-order valence-electron chi connectivity index (χ2n) is 8.09. The first-order valence-electron chi connectivity index (χ1n) is 7.89. The molecule has 4 nitrogen and oxygen atoms in total. The van der Waals surface area contributed by atoms with E-state index in [2.05, 4.69) is 41.5 Å². The molecule has 0 aromatic heterocycles. The molecular formula is C16H30N2O2. The summed E-state index contributed by atoms with van der Waals surface area (Å²) < 4.78 is 6.02. The van der Waals surface area contributed by atoms with Crippen LogP contribution in [0.4, 0.5) is 0 Å². The monoisotopic (exact) mass is 282 g/mol. The highest BCUT2D eigenvalue weighted by atomic mass is 16.9. The fourth-order valence-corrected chi connectivity index (χ4v) is 2.54. The number of hydrogen-bond acceptors (Lipinski definition) is 3. The number of ether oxygens (including phenoxy) is 1. The van der Waals surface area contributed by atoms with Crippen molar-refractivity contribution in [2.75, 3.05) is 0 Å². The molecule has 0 amide bonds. The maximum absolute atomic E-state index is 6.02. The maximum Gasteiger partial charge on any atom is 0.315 e. The van der Waals surface area contributed by atoms with Gasteiger partial charge in [0.05, 0.1) is 11.6 Å². The van der Waals surface area contributed by atoms with E-state index in [1.54, 1.807) is 0 Å². The van der Waals surface area contributed by atoms with Crippen molar-refractivity contribution in [3.05, 3.63) is 0 Å². The van der Waals surface area contributed by atoms with Crippen molar-refractivity contribution in [1.82, 2.24) is 5.06 Å². The average Bonchev–Trinajstić information content (AvgIpc) is 2.74. The Hall–Kier alpha value is -0.770. The highest BCUT2D eigenvalue weighted by Gasteiger charge is 2.43. The Morgan fingerprint density at radius 1 is 1.00 bits per heavy atom. The zero-order chi connectivity index (χ0) is 15.0. The normalized spacial score (nSPS) is 28.0. The molecule has 0 aromatic carbocycles. The number of hydroxylamine groups is 2. The predicted molar refractivity (Wildman–Crippen MR) is 81.3 cm³/mol. The summed E-state index contributed by atoms with van der Waals surface area (Å²) in [7, 11) is 0. The zero-order valence-corrected chi connectivity index (χ0v) is 13.9. The van der Waals surface area contributed by atoms with Crippen molar-refractivity contribution in [2.24, 2.45) is 10.4 Å². The van der Waals surface area contributed by atoms with E-state index >= 15 is 0 Å². The number of rotatable bonds is 1. The standard InChI is InChI=1S/C16H30N2O2/c1-15(2,3)13-19-14(18(20-13)16(4,5)6)17-12-10-8-7-9-11-12/h12-13H,7-11H2,1-6H3. The summed E-state index contributed by atoms with van der Waals surface area (Å²) in [5.74, 6) is 0. The lowest BCUT2D eigenvalue weighted by atomic mass is 9.96. The minimum Gasteiger partial charge on any atom is -0.431 e. The van der Waals surface area contributed by atoms with Gasteiger partial charge >= 0.3 is 6.02 Å². The molecule has 2 rings (SSSR count). The Labute approximate surface area is 123 Å². The number of nitrogens with zero attached hydrogens (tertiary/aromatic N) is 2. The van der Waals surface area contributed by atoms with Crippen LogP contribution in [-0.2, 0) is 9.57 Å². The summed E-state index contributed by atoms with van der Waals surface area (Å²) in [6.45, 7) is 12.7. The summed E-state index contributed by atoms with van der Waals surface area (Å²) in [5, 5.41) is 1.86. The van der Waals surface area contributed by atoms with Gasteiger partial charge in [-0.2, -0.15) is 5.06 Å². The Bertz CT molecular complexity index is 360. The van der Waals surface area contributed by atoms with Crippen LogP contribution < -0.4 is 0 Å². The van der Waals surface area contributed by atoms with Crippen LogP contribution in [0.2, 0.25) is 0 Å². The van der Waals surface area contributed by atoms with Crippen LogP contribution >= 0.6 is 0 Å². The molecule has 116 valence electrons. The van der Waals surface area contributed by atoms with Crippen molar-refractivity contribution in [3.63, 3.8) is 0 Å². The molecule has 4 heteroatoms. The van der Waals surface area contributed by atoms with Gasteiger partial charge in [-0.3, -0.25) is 0 Å². The molecule has 2 aliphatic rings. The Morgan fingerprint density at radius 3 is 2.10 bits per heavy atom. The highest BCUT2D eigenvalue weighted by molar-refractivity contribution is 5.75. The fraction of sp³-hybridized carbons (Fsp3) is 0.938. The van der Waals surface area contributed by atoms with Crippen molar-refractivity contribution in [1.29, 1.82) is 0 Å². The number of aliphatic imine (C=N–C) groups is 1. The van der Waals surface area contributed by atoms with E-state index in [0.717, 1.165) is 0 Å². The van der Waals surface area contributed by atoms with Gasteiger partial charge in [-0.05, 0) is 33.6 Å². The third-order valence-corrected chi connectivity index (χ3v) is 3.77. The van der Waals surface area contributed by atoms with Crippen LogP contribution in [0.1, 0.15) is 73.6 Å². The molecule has 1 saturated carbocycles.